The number of benzene rings is 1. The van der Waals surface area contributed by atoms with Crippen molar-refractivity contribution < 1.29 is 0 Å². The summed E-state index contributed by atoms with van der Waals surface area (Å²) in [4.78, 5) is 13.9. The molecule has 0 atom stereocenters. The fourth-order valence-electron chi connectivity index (χ4n) is 1.45. The van der Waals surface area contributed by atoms with Crippen molar-refractivity contribution in [3.05, 3.63) is 57.5 Å². The molecule has 0 aliphatic carbocycles. The standard InChI is InChI=1S/C12H10ClNO/c1-8-6-9(7-14-12(8)15)10-4-2-3-5-11(10)13/h2-7H,1H3,(H,14,15). The van der Waals surface area contributed by atoms with Crippen molar-refractivity contribution in [1.29, 1.82) is 0 Å². The van der Waals surface area contributed by atoms with Gasteiger partial charge in [0.25, 0.3) is 5.56 Å². The van der Waals surface area contributed by atoms with Gasteiger partial charge in [0.05, 0.1) is 0 Å². The van der Waals surface area contributed by atoms with Gasteiger partial charge in [-0.25, -0.2) is 0 Å². The fraction of sp³-hybridized carbons (Fsp3) is 0.0833. The molecule has 15 heavy (non-hydrogen) atoms. The molecule has 0 aliphatic rings. The molecular weight excluding hydrogens is 210 g/mol. The summed E-state index contributed by atoms with van der Waals surface area (Å²) in [5.41, 5.74) is 2.48. The van der Waals surface area contributed by atoms with E-state index in [1.165, 1.54) is 0 Å². The van der Waals surface area contributed by atoms with Crippen molar-refractivity contribution in [1.82, 2.24) is 4.98 Å². The van der Waals surface area contributed by atoms with E-state index < -0.39 is 0 Å². The maximum atomic E-state index is 11.2. The third-order valence-corrected chi connectivity index (χ3v) is 2.60. The lowest BCUT2D eigenvalue weighted by atomic mass is 10.1. The van der Waals surface area contributed by atoms with Crippen molar-refractivity contribution in [2.75, 3.05) is 0 Å². The quantitative estimate of drug-likeness (QED) is 0.786. The van der Waals surface area contributed by atoms with Gasteiger partial charge in [-0.05, 0) is 24.6 Å². The fourth-order valence-corrected chi connectivity index (χ4v) is 1.69. The van der Waals surface area contributed by atoms with E-state index in [1.54, 1.807) is 13.1 Å². The molecule has 1 aromatic carbocycles. The second-order valence-corrected chi connectivity index (χ2v) is 3.79. The Kier molecular flexibility index (Phi) is 2.60. The average Bonchev–Trinajstić information content (AvgIpc) is 2.23. The van der Waals surface area contributed by atoms with Gasteiger partial charge in [0, 0.05) is 22.3 Å². The van der Waals surface area contributed by atoms with E-state index in [0.717, 1.165) is 11.1 Å². The maximum Gasteiger partial charge on any atom is 0.250 e. The minimum atomic E-state index is -0.0641. The Morgan fingerprint density at radius 3 is 2.67 bits per heavy atom. The summed E-state index contributed by atoms with van der Waals surface area (Å²) in [5, 5.41) is 0.684. The van der Waals surface area contributed by atoms with Gasteiger partial charge >= 0.3 is 0 Å². The van der Waals surface area contributed by atoms with Gasteiger partial charge in [-0.1, -0.05) is 29.8 Å². The van der Waals surface area contributed by atoms with Crippen LogP contribution in [0.4, 0.5) is 0 Å². The normalized spacial score (nSPS) is 10.3. The average molecular weight is 220 g/mol. The summed E-state index contributed by atoms with van der Waals surface area (Å²) >= 11 is 6.06. The van der Waals surface area contributed by atoms with Crippen LogP contribution in [0.5, 0.6) is 0 Å². The first kappa shape index (κ1) is 9.99. The number of pyridine rings is 1. The zero-order valence-electron chi connectivity index (χ0n) is 8.25. The molecule has 3 heteroatoms. The van der Waals surface area contributed by atoms with Crippen LogP contribution in [0.1, 0.15) is 5.56 Å². The van der Waals surface area contributed by atoms with Crippen LogP contribution in [0.3, 0.4) is 0 Å². The Morgan fingerprint density at radius 1 is 1.27 bits per heavy atom. The van der Waals surface area contributed by atoms with Crippen molar-refractivity contribution in [2.24, 2.45) is 0 Å². The van der Waals surface area contributed by atoms with E-state index >= 15 is 0 Å². The number of hydrogen-bond acceptors (Lipinski definition) is 1. The summed E-state index contributed by atoms with van der Waals surface area (Å²) in [6.45, 7) is 1.78. The van der Waals surface area contributed by atoms with Crippen molar-refractivity contribution >= 4 is 11.6 Å². The second-order valence-electron chi connectivity index (χ2n) is 3.38. The molecule has 0 saturated heterocycles. The van der Waals surface area contributed by atoms with Gasteiger partial charge in [0.1, 0.15) is 0 Å². The Labute approximate surface area is 92.5 Å². The van der Waals surface area contributed by atoms with E-state index in [1.807, 2.05) is 30.3 Å². The summed E-state index contributed by atoms with van der Waals surface area (Å²) in [6.07, 6.45) is 1.68. The van der Waals surface area contributed by atoms with Crippen LogP contribution in [0.2, 0.25) is 5.02 Å². The number of aryl methyl sites for hydroxylation is 1. The van der Waals surface area contributed by atoms with Crippen LogP contribution in [-0.4, -0.2) is 4.98 Å². The smallest absolute Gasteiger partial charge is 0.250 e. The first-order valence-corrected chi connectivity index (χ1v) is 5.00. The Bertz CT molecular complexity index is 545. The molecule has 1 heterocycles. The molecule has 0 fully saturated rings. The molecular formula is C12H10ClNO. The van der Waals surface area contributed by atoms with Gasteiger partial charge in [-0.3, -0.25) is 4.79 Å². The molecule has 2 rings (SSSR count). The molecule has 2 aromatic rings. The van der Waals surface area contributed by atoms with E-state index in [0.29, 0.717) is 10.6 Å². The number of aromatic nitrogens is 1. The van der Waals surface area contributed by atoms with Crippen LogP contribution in [0.15, 0.2) is 41.3 Å². The molecule has 2 nitrogen and oxygen atoms in total. The van der Waals surface area contributed by atoms with Crippen molar-refractivity contribution in [3.63, 3.8) is 0 Å². The highest BCUT2D eigenvalue weighted by Gasteiger charge is 2.03. The number of H-pyrrole nitrogens is 1. The zero-order valence-corrected chi connectivity index (χ0v) is 9.01. The Morgan fingerprint density at radius 2 is 2.00 bits per heavy atom. The first-order chi connectivity index (χ1) is 7.18. The van der Waals surface area contributed by atoms with Gasteiger partial charge in [-0.2, -0.15) is 0 Å². The molecule has 0 spiro atoms. The predicted octanol–water partition coefficient (Wildman–Crippen LogP) is 3.00. The minimum Gasteiger partial charge on any atom is -0.328 e. The third-order valence-electron chi connectivity index (χ3n) is 2.27. The largest absolute Gasteiger partial charge is 0.328 e. The second kappa shape index (κ2) is 3.91. The van der Waals surface area contributed by atoms with Crippen LogP contribution in [0.25, 0.3) is 11.1 Å². The zero-order chi connectivity index (χ0) is 10.8. The number of halogens is 1. The maximum absolute atomic E-state index is 11.2. The van der Waals surface area contributed by atoms with E-state index in [-0.39, 0.29) is 5.56 Å². The Hall–Kier alpha value is -1.54. The number of nitrogens with one attached hydrogen (secondary N) is 1. The number of rotatable bonds is 1. The highest BCUT2D eigenvalue weighted by atomic mass is 35.5. The highest BCUT2D eigenvalue weighted by Crippen LogP contribution is 2.26. The SMILES string of the molecule is Cc1cc(-c2ccccc2Cl)c[nH]c1=O. The molecule has 76 valence electrons. The summed E-state index contributed by atoms with van der Waals surface area (Å²) in [6, 6.07) is 9.39. The molecule has 0 bridgehead atoms. The van der Waals surface area contributed by atoms with Crippen LogP contribution in [-0.2, 0) is 0 Å². The van der Waals surface area contributed by atoms with Gasteiger partial charge in [-0.15, -0.1) is 0 Å². The van der Waals surface area contributed by atoms with Crippen molar-refractivity contribution in [2.45, 2.75) is 6.92 Å². The lowest BCUT2D eigenvalue weighted by Crippen LogP contribution is -2.07. The molecule has 1 N–H and O–H groups in total. The number of aromatic amines is 1. The third kappa shape index (κ3) is 1.95. The van der Waals surface area contributed by atoms with Gasteiger partial charge in [0.15, 0.2) is 0 Å². The molecule has 0 amide bonds. The number of hydrogen-bond donors (Lipinski definition) is 1. The van der Waals surface area contributed by atoms with Crippen molar-refractivity contribution in [3.8, 4) is 11.1 Å². The minimum absolute atomic E-state index is 0.0641. The van der Waals surface area contributed by atoms with E-state index in [4.69, 9.17) is 11.6 Å². The first-order valence-electron chi connectivity index (χ1n) is 4.63. The summed E-state index contributed by atoms with van der Waals surface area (Å²) in [7, 11) is 0. The van der Waals surface area contributed by atoms with E-state index in [2.05, 4.69) is 4.98 Å². The van der Waals surface area contributed by atoms with Crippen LogP contribution >= 0.6 is 11.6 Å². The van der Waals surface area contributed by atoms with Gasteiger partial charge in [0.2, 0.25) is 0 Å². The predicted molar refractivity (Wildman–Crippen MR) is 62.2 cm³/mol. The Balaban J connectivity index is 2.60. The summed E-state index contributed by atoms with van der Waals surface area (Å²) < 4.78 is 0. The molecule has 0 saturated carbocycles. The lowest BCUT2D eigenvalue weighted by Gasteiger charge is -2.04. The molecule has 0 aliphatic heterocycles. The molecule has 0 unspecified atom stereocenters. The van der Waals surface area contributed by atoms with Crippen LogP contribution in [0, 0.1) is 6.92 Å². The highest BCUT2D eigenvalue weighted by molar-refractivity contribution is 6.33. The molecule has 0 radical (unpaired) electrons. The summed E-state index contributed by atoms with van der Waals surface area (Å²) in [5.74, 6) is 0. The lowest BCUT2D eigenvalue weighted by molar-refractivity contribution is 1.18. The topological polar surface area (TPSA) is 32.9 Å². The van der Waals surface area contributed by atoms with E-state index in [9.17, 15) is 4.79 Å². The molecule has 1 aromatic heterocycles. The van der Waals surface area contributed by atoms with Gasteiger partial charge < -0.3 is 4.98 Å². The monoisotopic (exact) mass is 219 g/mol. The van der Waals surface area contributed by atoms with Crippen LogP contribution < -0.4 is 5.56 Å².